The predicted molar refractivity (Wildman–Crippen MR) is 101 cm³/mol. The maximum atomic E-state index is 12.1. The van der Waals surface area contributed by atoms with Gasteiger partial charge in [-0.15, -0.1) is 0 Å². The van der Waals surface area contributed by atoms with Crippen molar-refractivity contribution in [1.29, 1.82) is 0 Å². The van der Waals surface area contributed by atoms with Crippen LogP contribution in [0.2, 0.25) is 0 Å². The second-order valence-electron chi connectivity index (χ2n) is 6.25. The van der Waals surface area contributed by atoms with E-state index >= 15 is 0 Å². The molecule has 0 bridgehead atoms. The number of nitrogens with zero attached hydrogens (tertiary/aromatic N) is 1. The van der Waals surface area contributed by atoms with Gasteiger partial charge in [0, 0.05) is 26.2 Å². The molecule has 0 unspecified atom stereocenters. The molecular formula is C20H25N3O3. The Morgan fingerprint density at radius 1 is 1.19 bits per heavy atom. The summed E-state index contributed by atoms with van der Waals surface area (Å²) in [5, 5.41) is 5.69. The Morgan fingerprint density at radius 3 is 2.77 bits per heavy atom. The van der Waals surface area contributed by atoms with Crippen LogP contribution in [-0.2, 0) is 11.3 Å². The molecule has 0 radical (unpaired) electrons. The summed E-state index contributed by atoms with van der Waals surface area (Å²) < 4.78 is 11.0. The van der Waals surface area contributed by atoms with Crippen LogP contribution in [0.5, 0.6) is 5.75 Å². The molecule has 2 aromatic carbocycles. The number of anilines is 1. The van der Waals surface area contributed by atoms with Gasteiger partial charge in [-0.25, -0.2) is 4.79 Å². The quantitative estimate of drug-likeness (QED) is 0.836. The van der Waals surface area contributed by atoms with Gasteiger partial charge in [0.15, 0.2) is 0 Å². The first kappa shape index (κ1) is 18.2. The monoisotopic (exact) mass is 355 g/mol. The molecule has 138 valence electrons. The summed E-state index contributed by atoms with van der Waals surface area (Å²) in [6, 6.07) is 17.4. The number of nitrogens with one attached hydrogen (secondary N) is 2. The van der Waals surface area contributed by atoms with Gasteiger partial charge in [-0.1, -0.05) is 42.5 Å². The molecule has 0 aromatic heterocycles. The second kappa shape index (κ2) is 9.22. The molecule has 2 amide bonds. The van der Waals surface area contributed by atoms with Crippen LogP contribution in [0.25, 0.3) is 0 Å². The number of methoxy groups -OCH3 is 1. The third-order valence-corrected chi connectivity index (χ3v) is 4.32. The van der Waals surface area contributed by atoms with E-state index in [-0.39, 0.29) is 12.1 Å². The van der Waals surface area contributed by atoms with Crippen LogP contribution < -0.4 is 15.4 Å². The molecule has 1 atom stereocenters. The maximum Gasteiger partial charge on any atom is 0.319 e. The van der Waals surface area contributed by atoms with Crippen molar-refractivity contribution < 1.29 is 14.3 Å². The summed E-state index contributed by atoms with van der Waals surface area (Å²) in [6.45, 7) is 3.73. The van der Waals surface area contributed by atoms with Gasteiger partial charge >= 0.3 is 6.03 Å². The highest BCUT2D eigenvalue weighted by Crippen LogP contribution is 2.22. The molecule has 26 heavy (non-hydrogen) atoms. The van der Waals surface area contributed by atoms with E-state index in [0.29, 0.717) is 24.6 Å². The van der Waals surface area contributed by atoms with E-state index in [2.05, 4.69) is 39.8 Å². The van der Waals surface area contributed by atoms with Crippen molar-refractivity contribution in [3.63, 3.8) is 0 Å². The average Bonchev–Trinajstić information content (AvgIpc) is 2.68. The molecule has 1 aliphatic heterocycles. The fraction of sp³-hybridized carbons (Fsp3) is 0.350. The number of hydrogen-bond donors (Lipinski definition) is 2. The molecule has 1 saturated heterocycles. The summed E-state index contributed by atoms with van der Waals surface area (Å²) in [4.78, 5) is 14.5. The van der Waals surface area contributed by atoms with Crippen LogP contribution in [0.1, 0.15) is 5.56 Å². The van der Waals surface area contributed by atoms with Gasteiger partial charge < -0.3 is 20.1 Å². The topological polar surface area (TPSA) is 62.8 Å². The first-order valence-electron chi connectivity index (χ1n) is 8.80. The zero-order chi connectivity index (χ0) is 18.2. The first-order valence-corrected chi connectivity index (χ1v) is 8.80. The highest BCUT2D eigenvalue weighted by molar-refractivity contribution is 5.90. The number of ether oxygens (including phenoxy) is 2. The molecule has 2 N–H and O–H groups in total. The second-order valence-corrected chi connectivity index (χ2v) is 6.25. The van der Waals surface area contributed by atoms with E-state index in [1.807, 2.05) is 18.2 Å². The highest BCUT2D eigenvalue weighted by Gasteiger charge is 2.21. The Balaban J connectivity index is 1.46. The molecule has 0 aliphatic carbocycles. The Bertz CT molecular complexity index is 708. The fourth-order valence-electron chi connectivity index (χ4n) is 3.01. The zero-order valence-electron chi connectivity index (χ0n) is 15.0. The number of hydrogen-bond acceptors (Lipinski definition) is 4. The minimum Gasteiger partial charge on any atom is -0.495 e. The summed E-state index contributed by atoms with van der Waals surface area (Å²) in [6.07, 6.45) is -0.0177. The number of carbonyl (C=O) groups is 1. The molecule has 1 heterocycles. The number of morpholine rings is 1. The lowest BCUT2D eigenvalue weighted by Crippen LogP contribution is -2.47. The number of urea groups is 1. The number of para-hydroxylation sites is 2. The van der Waals surface area contributed by atoms with Gasteiger partial charge in [-0.2, -0.15) is 0 Å². The summed E-state index contributed by atoms with van der Waals surface area (Å²) in [7, 11) is 1.58. The minimum absolute atomic E-state index is 0.0177. The van der Waals surface area contributed by atoms with Crippen LogP contribution in [0, 0.1) is 0 Å². The predicted octanol–water partition coefficient (Wildman–Crippen LogP) is 2.72. The SMILES string of the molecule is COc1ccccc1NC(=O)NC[C@H]1CN(Cc2ccccc2)CCO1. The van der Waals surface area contributed by atoms with E-state index in [4.69, 9.17) is 9.47 Å². The molecule has 3 rings (SSSR count). The van der Waals surface area contributed by atoms with Crippen molar-refractivity contribution in [1.82, 2.24) is 10.2 Å². The molecule has 0 spiro atoms. The van der Waals surface area contributed by atoms with Crippen molar-refractivity contribution in [2.45, 2.75) is 12.6 Å². The normalized spacial score (nSPS) is 17.5. The van der Waals surface area contributed by atoms with E-state index in [1.165, 1.54) is 5.56 Å². The molecule has 1 fully saturated rings. The number of amides is 2. The number of carbonyl (C=O) groups excluding carboxylic acids is 1. The minimum atomic E-state index is -0.265. The van der Waals surface area contributed by atoms with Crippen LogP contribution in [0.3, 0.4) is 0 Å². The molecule has 2 aromatic rings. The standard InChI is InChI=1S/C20H25N3O3/c1-25-19-10-6-5-9-18(19)22-20(24)21-13-17-15-23(11-12-26-17)14-16-7-3-2-4-8-16/h2-10,17H,11-15H2,1H3,(H2,21,22,24)/t17-/m0/s1. The zero-order valence-corrected chi connectivity index (χ0v) is 15.0. The third kappa shape index (κ3) is 5.21. The van der Waals surface area contributed by atoms with Crippen LogP contribution in [-0.4, -0.2) is 50.4 Å². The van der Waals surface area contributed by atoms with Gasteiger partial charge in [-0.3, -0.25) is 4.90 Å². The summed E-state index contributed by atoms with van der Waals surface area (Å²) >= 11 is 0. The molecule has 6 nitrogen and oxygen atoms in total. The maximum absolute atomic E-state index is 12.1. The fourth-order valence-corrected chi connectivity index (χ4v) is 3.01. The molecule has 6 heteroatoms. The summed E-state index contributed by atoms with van der Waals surface area (Å²) in [5.74, 6) is 0.630. The molecule has 1 aliphatic rings. The highest BCUT2D eigenvalue weighted by atomic mass is 16.5. The van der Waals surface area contributed by atoms with Crippen LogP contribution in [0.15, 0.2) is 54.6 Å². The third-order valence-electron chi connectivity index (χ3n) is 4.32. The molecule has 0 saturated carbocycles. The van der Waals surface area contributed by atoms with Crippen molar-refractivity contribution >= 4 is 11.7 Å². The van der Waals surface area contributed by atoms with Gasteiger partial charge in [-0.05, 0) is 17.7 Å². The lowest BCUT2D eigenvalue weighted by atomic mass is 10.2. The summed E-state index contributed by atoms with van der Waals surface area (Å²) in [5.41, 5.74) is 1.93. The van der Waals surface area contributed by atoms with E-state index in [1.54, 1.807) is 19.2 Å². The Morgan fingerprint density at radius 2 is 1.96 bits per heavy atom. The lowest BCUT2D eigenvalue weighted by molar-refractivity contribution is -0.0285. The van der Waals surface area contributed by atoms with Crippen molar-refractivity contribution in [3.8, 4) is 5.75 Å². The van der Waals surface area contributed by atoms with Crippen molar-refractivity contribution in [2.75, 3.05) is 38.7 Å². The van der Waals surface area contributed by atoms with E-state index < -0.39 is 0 Å². The van der Waals surface area contributed by atoms with E-state index in [9.17, 15) is 4.79 Å². The smallest absolute Gasteiger partial charge is 0.319 e. The molecular weight excluding hydrogens is 330 g/mol. The van der Waals surface area contributed by atoms with Crippen LogP contribution >= 0.6 is 0 Å². The number of benzene rings is 2. The van der Waals surface area contributed by atoms with Gasteiger partial charge in [0.2, 0.25) is 0 Å². The van der Waals surface area contributed by atoms with Crippen molar-refractivity contribution in [2.24, 2.45) is 0 Å². The first-order chi connectivity index (χ1) is 12.7. The Labute approximate surface area is 154 Å². The Hall–Kier alpha value is -2.57. The Kier molecular flexibility index (Phi) is 6.46. The van der Waals surface area contributed by atoms with Crippen molar-refractivity contribution in [3.05, 3.63) is 60.2 Å². The average molecular weight is 355 g/mol. The van der Waals surface area contributed by atoms with Gasteiger partial charge in [0.05, 0.1) is 25.5 Å². The van der Waals surface area contributed by atoms with Gasteiger partial charge in [0.1, 0.15) is 5.75 Å². The van der Waals surface area contributed by atoms with Gasteiger partial charge in [0.25, 0.3) is 0 Å². The van der Waals surface area contributed by atoms with Crippen LogP contribution in [0.4, 0.5) is 10.5 Å². The van der Waals surface area contributed by atoms with E-state index in [0.717, 1.165) is 19.6 Å². The largest absolute Gasteiger partial charge is 0.495 e. The number of rotatable bonds is 6. The lowest BCUT2D eigenvalue weighted by Gasteiger charge is -2.33.